The van der Waals surface area contributed by atoms with Crippen molar-refractivity contribution in [2.45, 2.75) is 56.6 Å². The Labute approximate surface area is 96.8 Å². The molecule has 2 rings (SSSR count). The summed E-state index contributed by atoms with van der Waals surface area (Å²) in [6, 6.07) is 0. The number of carbonyl (C=O) groups excluding carboxylic acids is 1. The Hall–Kier alpha value is -0.610. The first-order valence-corrected chi connectivity index (χ1v) is 6.34. The van der Waals surface area contributed by atoms with Gasteiger partial charge in [-0.25, -0.2) is 0 Å². The molecule has 1 unspecified atom stereocenters. The average Bonchev–Trinajstić information content (AvgIpc) is 2.65. The second-order valence-corrected chi connectivity index (χ2v) is 5.38. The topological polar surface area (TPSA) is 66.6 Å². The lowest BCUT2D eigenvalue weighted by Gasteiger charge is -2.34. The minimum absolute atomic E-state index is 0.126. The molecule has 0 aromatic rings. The molecule has 16 heavy (non-hydrogen) atoms. The van der Waals surface area contributed by atoms with Gasteiger partial charge in [0.1, 0.15) is 0 Å². The van der Waals surface area contributed by atoms with Gasteiger partial charge in [0.05, 0.1) is 6.10 Å². The quantitative estimate of drug-likeness (QED) is 0.726. The first-order valence-electron chi connectivity index (χ1n) is 6.34. The second kappa shape index (κ2) is 4.72. The van der Waals surface area contributed by atoms with Crippen molar-refractivity contribution < 1.29 is 9.90 Å². The Kier molecular flexibility index (Phi) is 3.50. The molecule has 0 spiro atoms. The summed E-state index contributed by atoms with van der Waals surface area (Å²) in [5, 5.41) is 9.39. The highest BCUT2D eigenvalue weighted by Crippen LogP contribution is 2.29. The lowest BCUT2D eigenvalue weighted by Crippen LogP contribution is -2.46. The largest absolute Gasteiger partial charge is 0.391 e. The number of amides is 1. The number of aliphatic hydroxyl groups is 1. The number of rotatable bonds is 2. The van der Waals surface area contributed by atoms with Crippen LogP contribution >= 0.6 is 0 Å². The van der Waals surface area contributed by atoms with Crippen LogP contribution in [0.25, 0.3) is 0 Å². The smallest absolute Gasteiger partial charge is 0.224 e. The van der Waals surface area contributed by atoms with Gasteiger partial charge < -0.3 is 15.7 Å². The Bertz CT molecular complexity index is 262. The van der Waals surface area contributed by atoms with Gasteiger partial charge in [-0.15, -0.1) is 0 Å². The second-order valence-electron chi connectivity index (χ2n) is 5.38. The van der Waals surface area contributed by atoms with Crippen LogP contribution in [0.2, 0.25) is 0 Å². The Balaban J connectivity index is 1.86. The van der Waals surface area contributed by atoms with Crippen molar-refractivity contribution >= 4 is 5.91 Å². The van der Waals surface area contributed by atoms with Gasteiger partial charge in [-0.1, -0.05) is 19.3 Å². The van der Waals surface area contributed by atoms with E-state index in [4.69, 9.17) is 5.73 Å². The Morgan fingerprint density at radius 1 is 1.38 bits per heavy atom. The number of likely N-dealkylation sites (tertiary alicyclic amines) is 1. The number of hydrogen-bond acceptors (Lipinski definition) is 3. The maximum Gasteiger partial charge on any atom is 0.224 e. The lowest BCUT2D eigenvalue weighted by molar-refractivity contribution is -0.132. The van der Waals surface area contributed by atoms with Crippen LogP contribution in [0.3, 0.4) is 0 Å². The van der Waals surface area contributed by atoms with Gasteiger partial charge in [0, 0.05) is 25.0 Å². The van der Waals surface area contributed by atoms with Gasteiger partial charge in [-0.3, -0.25) is 4.79 Å². The van der Waals surface area contributed by atoms with Crippen LogP contribution < -0.4 is 5.73 Å². The summed E-state index contributed by atoms with van der Waals surface area (Å²) in [5.41, 5.74) is 5.98. The molecule has 2 fully saturated rings. The molecule has 0 aromatic carbocycles. The fraction of sp³-hybridized carbons (Fsp3) is 0.917. The van der Waals surface area contributed by atoms with Crippen LogP contribution in [-0.4, -0.2) is 40.6 Å². The minimum Gasteiger partial charge on any atom is -0.391 e. The highest BCUT2D eigenvalue weighted by Gasteiger charge is 2.33. The summed E-state index contributed by atoms with van der Waals surface area (Å²) in [5.74, 6) is 0.126. The molecule has 1 amide bonds. The molecule has 0 bridgehead atoms. The van der Waals surface area contributed by atoms with E-state index in [-0.39, 0.29) is 17.6 Å². The summed E-state index contributed by atoms with van der Waals surface area (Å²) in [4.78, 5) is 13.8. The first-order chi connectivity index (χ1) is 7.59. The van der Waals surface area contributed by atoms with Gasteiger partial charge in [0.25, 0.3) is 0 Å². The standard InChI is InChI=1S/C12H22N2O2/c13-12(5-2-1-3-6-12)8-11(16)14-7-4-10(15)9-14/h10,15H,1-9,13H2. The van der Waals surface area contributed by atoms with Gasteiger partial charge in [-0.05, 0) is 19.3 Å². The molecule has 0 aromatic heterocycles. The summed E-state index contributed by atoms with van der Waals surface area (Å²) in [7, 11) is 0. The average molecular weight is 226 g/mol. The number of hydrogen-bond donors (Lipinski definition) is 2. The maximum absolute atomic E-state index is 12.0. The predicted octanol–water partition coefficient (Wildman–Crippen LogP) is 0.631. The summed E-state index contributed by atoms with van der Waals surface area (Å²) >= 11 is 0. The van der Waals surface area contributed by atoms with E-state index in [1.807, 2.05) is 0 Å². The van der Waals surface area contributed by atoms with Crippen LogP contribution in [0.4, 0.5) is 0 Å². The molecule has 1 saturated carbocycles. The Morgan fingerprint density at radius 3 is 2.62 bits per heavy atom. The van der Waals surface area contributed by atoms with Crippen molar-refractivity contribution in [3.63, 3.8) is 0 Å². The van der Waals surface area contributed by atoms with Crippen LogP contribution in [0.15, 0.2) is 0 Å². The first kappa shape index (κ1) is 11.9. The van der Waals surface area contributed by atoms with Crippen LogP contribution in [0.1, 0.15) is 44.9 Å². The molecule has 0 radical (unpaired) electrons. The van der Waals surface area contributed by atoms with Crippen molar-refractivity contribution in [3.05, 3.63) is 0 Å². The van der Waals surface area contributed by atoms with E-state index in [0.29, 0.717) is 25.9 Å². The van der Waals surface area contributed by atoms with Crippen molar-refractivity contribution in [1.29, 1.82) is 0 Å². The minimum atomic E-state index is -0.330. The molecular formula is C12H22N2O2. The number of β-amino-alcohol motifs (C(OH)–C–C–N with tert-alkyl or cyclic N) is 1. The zero-order chi connectivity index (χ0) is 11.6. The van der Waals surface area contributed by atoms with E-state index in [9.17, 15) is 9.90 Å². The number of nitrogens with two attached hydrogens (primary N) is 1. The van der Waals surface area contributed by atoms with Crippen LogP contribution in [0.5, 0.6) is 0 Å². The third-order valence-electron chi connectivity index (χ3n) is 3.87. The van der Waals surface area contributed by atoms with Gasteiger partial charge in [-0.2, -0.15) is 0 Å². The summed E-state index contributed by atoms with van der Waals surface area (Å²) < 4.78 is 0. The van der Waals surface area contributed by atoms with E-state index in [1.54, 1.807) is 4.90 Å². The molecule has 1 atom stereocenters. The molecule has 92 valence electrons. The SMILES string of the molecule is NC1(CC(=O)N2CCC(O)C2)CCCCC1. The molecule has 4 nitrogen and oxygen atoms in total. The van der Waals surface area contributed by atoms with Crippen molar-refractivity contribution in [2.75, 3.05) is 13.1 Å². The summed E-state index contributed by atoms with van der Waals surface area (Å²) in [6.45, 7) is 1.19. The third kappa shape index (κ3) is 2.74. The number of nitrogens with zero attached hydrogens (tertiary/aromatic N) is 1. The number of carbonyl (C=O) groups is 1. The molecule has 1 saturated heterocycles. The van der Waals surface area contributed by atoms with Gasteiger partial charge in [0.2, 0.25) is 5.91 Å². The van der Waals surface area contributed by atoms with Crippen molar-refractivity contribution in [2.24, 2.45) is 5.73 Å². The summed E-state index contributed by atoms with van der Waals surface area (Å²) in [6.07, 6.45) is 6.31. The van der Waals surface area contributed by atoms with E-state index in [1.165, 1.54) is 6.42 Å². The van der Waals surface area contributed by atoms with Gasteiger partial charge >= 0.3 is 0 Å². The van der Waals surface area contributed by atoms with Gasteiger partial charge in [0.15, 0.2) is 0 Å². The fourth-order valence-electron chi connectivity index (χ4n) is 2.81. The number of aliphatic hydroxyl groups excluding tert-OH is 1. The molecule has 2 aliphatic rings. The van der Waals surface area contributed by atoms with Crippen LogP contribution in [-0.2, 0) is 4.79 Å². The van der Waals surface area contributed by atoms with Crippen molar-refractivity contribution in [1.82, 2.24) is 4.90 Å². The normalized spacial score (nSPS) is 29.4. The molecule has 1 aliphatic carbocycles. The third-order valence-corrected chi connectivity index (χ3v) is 3.87. The lowest BCUT2D eigenvalue weighted by atomic mass is 9.80. The van der Waals surface area contributed by atoms with Crippen molar-refractivity contribution in [3.8, 4) is 0 Å². The molecule has 4 heteroatoms. The fourth-order valence-corrected chi connectivity index (χ4v) is 2.81. The van der Waals surface area contributed by atoms with E-state index in [2.05, 4.69) is 0 Å². The van der Waals surface area contributed by atoms with E-state index in [0.717, 1.165) is 25.7 Å². The predicted molar refractivity (Wildman–Crippen MR) is 61.8 cm³/mol. The van der Waals surface area contributed by atoms with E-state index >= 15 is 0 Å². The monoisotopic (exact) mass is 226 g/mol. The Morgan fingerprint density at radius 2 is 2.06 bits per heavy atom. The van der Waals surface area contributed by atoms with Crippen LogP contribution in [0, 0.1) is 0 Å². The zero-order valence-corrected chi connectivity index (χ0v) is 9.82. The highest BCUT2D eigenvalue weighted by atomic mass is 16.3. The zero-order valence-electron chi connectivity index (χ0n) is 9.82. The highest BCUT2D eigenvalue weighted by molar-refractivity contribution is 5.77. The molecule has 1 heterocycles. The maximum atomic E-state index is 12.0. The van der Waals surface area contributed by atoms with E-state index < -0.39 is 0 Å². The molecular weight excluding hydrogens is 204 g/mol. The molecule has 1 aliphatic heterocycles. The molecule has 3 N–H and O–H groups in total.